The van der Waals surface area contributed by atoms with Gasteiger partial charge >= 0.3 is 0 Å². The maximum Gasteiger partial charge on any atom is -0.00156 e. The SMILES string of the molecule is CCCCCCCCNCC(C(C)C)C(C)C. The summed E-state index contributed by atoms with van der Waals surface area (Å²) in [7, 11) is 0. The van der Waals surface area contributed by atoms with Crippen molar-refractivity contribution >= 4 is 0 Å². The van der Waals surface area contributed by atoms with Gasteiger partial charge in [0.15, 0.2) is 0 Å². The molecule has 0 aliphatic heterocycles. The summed E-state index contributed by atoms with van der Waals surface area (Å²) in [5.41, 5.74) is 0. The predicted molar refractivity (Wildman–Crippen MR) is 79.4 cm³/mol. The monoisotopic (exact) mass is 241 g/mol. The molecule has 0 saturated heterocycles. The number of nitrogens with one attached hydrogen (secondary N) is 1. The summed E-state index contributed by atoms with van der Waals surface area (Å²) >= 11 is 0. The van der Waals surface area contributed by atoms with Crippen molar-refractivity contribution < 1.29 is 0 Å². The van der Waals surface area contributed by atoms with Crippen LogP contribution in [0.3, 0.4) is 0 Å². The van der Waals surface area contributed by atoms with Crippen LogP contribution in [-0.4, -0.2) is 13.1 Å². The molecule has 17 heavy (non-hydrogen) atoms. The number of hydrogen-bond donors (Lipinski definition) is 1. The molecular formula is C16H35N. The lowest BCUT2D eigenvalue weighted by molar-refractivity contribution is 0.275. The van der Waals surface area contributed by atoms with E-state index in [9.17, 15) is 0 Å². The van der Waals surface area contributed by atoms with Gasteiger partial charge in [-0.05, 0) is 37.3 Å². The molecule has 1 heteroatoms. The summed E-state index contributed by atoms with van der Waals surface area (Å²) in [6.45, 7) is 14.1. The first kappa shape index (κ1) is 17.0. The molecule has 0 saturated carbocycles. The van der Waals surface area contributed by atoms with E-state index < -0.39 is 0 Å². The maximum atomic E-state index is 3.64. The Hall–Kier alpha value is -0.0400. The van der Waals surface area contributed by atoms with Crippen molar-refractivity contribution in [2.45, 2.75) is 73.1 Å². The minimum absolute atomic E-state index is 0.798. The molecule has 0 fully saturated rings. The molecule has 1 N–H and O–H groups in total. The van der Waals surface area contributed by atoms with Crippen molar-refractivity contribution in [3.05, 3.63) is 0 Å². The maximum absolute atomic E-state index is 3.64. The first-order chi connectivity index (χ1) is 8.09. The normalized spacial score (nSPS) is 12.0. The fourth-order valence-electron chi connectivity index (χ4n) is 2.54. The van der Waals surface area contributed by atoms with Crippen LogP contribution in [0.4, 0.5) is 0 Å². The van der Waals surface area contributed by atoms with Crippen LogP contribution in [0.2, 0.25) is 0 Å². The summed E-state index contributed by atoms with van der Waals surface area (Å²) < 4.78 is 0. The Morgan fingerprint density at radius 1 is 0.765 bits per heavy atom. The van der Waals surface area contributed by atoms with E-state index in [2.05, 4.69) is 39.9 Å². The zero-order valence-electron chi connectivity index (χ0n) is 12.9. The molecule has 0 aromatic rings. The summed E-state index contributed by atoms with van der Waals surface area (Å²) in [6, 6.07) is 0. The lowest BCUT2D eigenvalue weighted by Crippen LogP contribution is -2.30. The number of hydrogen-bond acceptors (Lipinski definition) is 1. The smallest absolute Gasteiger partial charge is 0.00156 e. The van der Waals surface area contributed by atoms with Gasteiger partial charge in [0, 0.05) is 0 Å². The van der Waals surface area contributed by atoms with Crippen LogP contribution < -0.4 is 5.32 Å². The standard InChI is InChI=1S/C16H35N/c1-6-7-8-9-10-11-12-17-13-16(14(2)3)15(4)5/h14-17H,6-13H2,1-5H3. The molecule has 0 radical (unpaired) electrons. The van der Waals surface area contributed by atoms with Crippen LogP contribution in [0.5, 0.6) is 0 Å². The molecule has 0 atom stereocenters. The van der Waals surface area contributed by atoms with Crippen molar-refractivity contribution in [3.8, 4) is 0 Å². The zero-order valence-corrected chi connectivity index (χ0v) is 12.9. The van der Waals surface area contributed by atoms with Crippen LogP contribution in [0.1, 0.15) is 73.1 Å². The number of rotatable bonds is 11. The Bertz CT molecular complexity index is 144. The first-order valence-corrected chi connectivity index (χ1v) is 7.80. The van der Waals surface area contributed by atoms with E-state index in [0.717, 1.165) is 17.8 Å². The van der Waals surface area contributed by atoms with Crippen LogP contribution in [0.15, 0.2) is 0 Å². The van der Waals surface area contributed by atoms with E-state index in [-0.39, 0.29) is 0 Å². The molecule has 0 aliphatic carbocycles. The van der Waals surface area contributed by atoms with Gasteiger partial charge in [0.05, 0.1) is 0 Å². The summed E-state index contributed by atoms with van der Waals surface area (Å²) in [4.78, 5) is 0. The van der Waals surface area contributed by atoms with Gasteiger partial charge in [-0.15, -0.1) is 0 Å². The van der Waals surface area contributed by atoms with Gasteiger partial charge in [0.25, 0.3) is 0 Å². The third kappa shape index (κ3) is 9.64. The minimum atomic E-state index is 0.798. The lowest BCUT2D eigenvalue weighted by Gasteiger charge is -2.25. The fourth-order valence-corrected chi connectivity index (χ4v) is 2.54. The van der Waals surface area contributed by atoms with E-state index in [0.29, 0.717) is 0 Å². The molecule has 0 rings (SSSR count). The minimum Gasteiger partial charge on any atom is -0.316 e. The lowest BCUT2D eigenvalue weighted by atomic mass is 9.85. The Labute approximate surface area is 110 Å². The van der Waals surface area contributed by atoms with Gasteiger partial charge < -0.3 is 5.32 Å². The number of unbranched alkanes of at least 4 members (excludes halogenated alkanes) is 5. The summed E-state index contributed by atoms with van der Waals surface area (Å²) in [5, 5.41) is 3.64. The van der Waals surface area contributed by atoms with Crippen molar-refractivity contribution in [1.82, 2.24) is 5.32 Å². The molecule has 0 spiro atoms. The molecule has 0 aromatic heterocycles. The highest BCUT2D eigenvalue weighted by Crippen LogP contribution is 2.19. The Morgan fingerprint density at radius 2 is 1.29 bits per heavy atom. The van der Waals surface area contributed by atoms with E-state index in [1.807, 2.05) is 0 Å². The molecule has 1 nitrogen and oxygen atoms in total. The molecule has 0 bridgehead atoms. The van der Waals surface area contributed by atoms with Crippen molar-refractivity contribution in [2.24, 2.45) is 17.8 Å². The fraction of sp³-hybridized carbons (Fsp3) is 1.00. The van der Waals surface area contributed by atoms with E-state index in [4.69, 9.17) is 0 Å². The quantitative estimate of drug-likeness (QED) is 0.509. The molecule has 0 aromatic carbocycles. The van der Waals surface area contributed by atoms with Crippen molar-refractivity contribution in [3.63, 3.8) is 0 Å². The van der Waals surface area contributed by atoms with E-state index in [1.165, 1.54) is 51.6 Å². The van der Waals surface area contributed by atoms with Crippen molar-refractivity contribution in [1.29, 1.82) is 0 Å². The van der Waals surface area contributed by atoms with Crippen LogP contribution in [-0.2, 0) is 0 Å². The highest BCUT2D eigenvalue weighted by molar-refractivity contribution is 4.69. The molecule has 0 amide bonds. The predicted octanol–water partition coefficient (Wildman–Crippen LogP) is 4.86. The van der Waals surface area contributed by atoms with Gasteiger partial charge in [-0.2, -0.15) is 0 Å². The van der Waals surface area contributed by atoms with E-state index in [1.54, 1.807) is 0 Å². The molecule has 0 aliphatic rings. The Balaban J connectivity index is 3.37. The van der Waals surface area contributed by atoms with Gasteiger partial charge in [-0.3, -0.25) is 0 Å². The van der Waals surface area contributed by atoms with Gasteiger partial charge in [-0.25, -0.2) is 0 Å². The van der Waals surface area contributed by atoms with Crippen LogP contribution in [0.25, 0.3) is 0 Å². The Morgan fingerprint density at radius 3 is 1.82 bits per heavy atom. The third-order valence-corrected chi connectivity index (χ3v) is 3.80. The second-order valence-corrected chi connectivity index (χ2v) is 6.12. The van der Waals surface area contributed by atoms with Crippen LogP contribution >= 0.6 is 0 Å². The average molecular weight is 241 g/mol. The van der Waals surface area contributed by atoms with Crippen molar-refractivity contribution in [2.75, 3.05) is 13.1 Å². The molecular weight excluding hydrogens is 206 g/mol. The highest BCUT2D eigenvalue weighted by Gasteiger charge is 2.16. The summed E-state index contributed by atoms with van der Waals surface area (Å²) in [6.07, 6.45) is 8.37. The first-order valence-electron chi connectivity index (χ1n) is 7.80. The third-order valence-electron chi connectivity index (χ3n) is 3.80. The topological polar surface area (TPSA) is 12.0 Å². The van der Waals surface area contributed by atoms with Crippen LogP contribution in [0, 0.1) is 17.8 Å². The molecule has 104 valence electrons. The Kier molecular flexibility index (Phi) is 11.0. The second-order valence-electron chi connectivity index (χ2n) is 6.12. The summed E-state index contributed by atoms with van der Waals surface area (Å²) in [5.74, 6) is 2.43. The molecule has 0 heterocycles. The average Bonchev–Trinajstić information content (AvgIpc) is 2.26. The molecule has 0 unspecified atom stereocenters. The largest absolute Gasteiger partial charge is 0.316 e. The van der Waals surface area contributed by atoms with Gasteiger partial charge in [0.1, 0.15) is 0 Å². The zero-order chi connectivity index (χ0) is 13.1. The highest BCUT2D eigenvalue weighted by atomic mass is 14.9. The second kappa shape index (κ2) is 11.1. The van der Waals surface area contributed by atoms with Gasteiger partial charge in [0.2, 0.25) is 0 Å². The van der Waals surface area contributed by atoms with Gasteiger partial charge in [-0.1, -0.05) is 66.7 Å². The van der Waals surface area contributed by atoms with E-state index >= 15 is 0 Å².